The largest absolute Gasteiger partial charge is 0.481 e. The van der Waals surface area contributed by atoms with Gasteiger partial charge in [0.25, 0.3) is 0 Å². The molecule has 1 aliphatic rings. The lowest BCUT2D eigenvalue weighted by molar-refractivity contribution is -0.138. The molecule has 3 nitrogen and oxygen atoms in total. The second kappa shape index (κ2) is 2.81. The van der Waals surface area contributed by atoms with E-state index < -0.39 is 5.97 Å². The summed E-state index contributed by atoms with van der Waals surface area (Å²) in [5.41, 5.74) is 5.84. The van der Waals surface area contributed by atoms with E-state index in [4.69, 9.17) is 10.8 Å². The molecular formula is C8H15NO2. The lowest BCUT2D eigenvalue weighted by Gasteiger charge is -2.42. The van der Waals surface area contributed by atoms with Crippen molar-refractivity contribution in [2.24, 2.45) is 11.1 Å². The van der Waals surface area contributed by atoms with Gasteiger partial charge in [0, 0.05) is 6.04 Å². The molecule has 1 atom stereocenters. The molecule has 0 bridgehead atoms. The molecule has 1 fully saturated rings. The van der Waals surface area contributed by atoms with Crippen molar-refractivity contribution < 1.29 is 9.90 Å². The summed E-state index contributed by atoms with van der Waals surface area (Å²) in [6.07, 6.45) is 3.48. The SMILES string of the molecule is CC1([C@@H](N)CC(=O)O)CCC1. The zero-order valence-electron chi connectivity index (χ0n) is 6.84. The van der Waals surface area contributed by atoms with E-state index in [0.717, 1.165) is 12.8 Å². The average molecular weight is 157 g/mol. The van der Waals surface area contributed by atoms with Gasteiger partial charge in [-0.2, -0.15) is 0 Å². The highest BCUT2D eigenvalue weighted by molar-refractivity contribution is 5.67. The number of carboxylic acids is 1. The first kappa shape index (κ1) is 8.53. The number of aliphatic carboxylic acids is 1. The van der Waals surface area contributed by atoms with E-state index >= 15 is 0 Å². The third-order valence-electron chi connectivity index (χ3n) is 2.79. The van der Waals surface area contributed by atoms with Gasteiger partial charge < -0.3 is 10.8 Å². The molecular weight excluding hydrogens is 142 g/mol. The van der Waals surface area contributed by atoms with Gasteiger partial charge in [0.2, 0.25) is 0 Å². The first-order valence-electron chi connectivity index (χ1n) is 4.02. The molecule has 1 saturated carbocycles. The summed E-state index contributed by atoms with van der Waals surface area (Å²) in [7, 11) is 0. The van der Waals surface area contributed by atoms with Crippen LogP contribution in [-0.2, 0) is 4.79 Å². The average Bonchev–Trinajstić information content (AvgIpc) is 1.81. The van der Waals surface area contributed by atoms with Gasteiger partial charge in [0.15, 0.2) is 0 Å². The van der Waals surface area contributed by atoms with E-state index in [-0.39, 0.29) is 17.9 Å². The van der Waals surface area contributed by atoms with Crippen LogP contribution in [0.4, 0.5) is 0 Å². The summed E-state index contributed by atoms with van der Waals surface area (Å²) in [6.45, 7) is 2.07. The fraction of sp³-hybridized carbons (Fsp3) is 0.875. The normalized spacial score (nSPS) is 23.8. The van der Waals surface area contributed by atoms with Crippen LogP contribution in [0, 0.1) is 5.41 Å². The number of hydrogen-bond donors (Lipinski definition) is 2. The fourth-order valence-corrected chi connectivity index (χ4v) is 1.54. The van der Waals surface area contributed by atoms with Crippen LogP contribution in [0.2, 0.25) is 0 Å². The van der Waals surface area contributed by atoms with Crippen molar-refractivity contribution in [1.82, 2.24) is 0 Å². The standard InChI is InChI=1S/C8H15NO2/c1-8(3-2-4-8)6(9)5-7(10)11/h6H,2-5,9H2,1H3,(H,10,11)/t6-/m0/s1. The topological polar surface area (TPSA) is 63.3 Å². The smallest absolute Gasteiger partial charge is 0.304 e. The molecule has 1 rings (SSSR count). The van der Waals surface area contributed by atoms with Crippen molar-refractivity contribution in [3.8, 4) is 0 Å². The third-order valence-corrected chi connectivity index (χ3v) is 2.79. The zero-order valence-corrected chi connectivity index (χ0v) is 6.84. The number of hydrogen-bond acceptors (Lipinski definition) is 2. The van der Waals surface area contributed by atoms with Crippen LogP contribution in [0.15, 0.2) is 0 Å². The predicted molar refractivity (Wildman–Crippen MR) is 42.2 cm³/mol. The summed E-state index contributed by atoms with van der Waals surface area (Å²) >= 11 is 0. The second-order valence-corrected chi connectivity index (χ2v) is 3.71. The Morgan fingerprint density at radius 3 is 2.55 bits per heavy atom. The second-order valence-electron chi connectivity index (χ2n) is 3.71. The van der Waals surface area contributed by atoms with E-state index in [1.54, 1.807) is 0 Å². The predicted octanol–water partition coefficient (Wildman–Crippen LogP) is 0.979. The van der Waals surface area contributed by atoms with Crippen LogP contribution < -0.4 is 5.73 Å². The zero-order chi connectivity index (χ0) is 8.48. The van der Waals surface area contributed by atoms with Crippen LogP contribution in [0.25, 0.3) is 0 Å². The summed E-state index contributed by atoms with van der Waals surface area (Å²) in [5.74, 6) is -0.786. The molecule has 0 radical (unpaired) electrons. The van der Waals surface area contributed by atoms with E-state index in [9.17, 15) is 4.79 Å². The highest BCUT2D eigenvalue weighted by atomic mass is 16.4. The highest BCUT2D eigenvalue weighted by Gasteiger charge is 2.38. The highest BCUT2D eigenvalue weighted by Crippen LogP contribution is 2.43. The van der Waals surface area contributed by atoms with Gasteiger partial charge in [-0.1, -0.05) is 13.3 Å². The number of carbonyl (C=O) groups is 1. The van der Waals surface area contributed by atoms with Crippen LogP contribution in [0.3, 0.4) is 0 Å². The molecule has 0 saturated heterocycles. The van der Waals surface area contributed by atoms with Gasteiger partial charge in [-0.25, -0.2) is 0 Å². The number of carboxylic acid groups (broad SMARTS) is 1. The Hall–Kier alpha value is -0.570. The fourth-order valence-electron chi connectivity index (χ4n) is 1.54. The number of rotatable bonds is 3. The molecule has 0 amide bonds. The Bertz CT molecular complexity index is 163. The maximum Gasteiger partial charge on any atom is 0.304 e. The Labute approximate surface area is 66.6 Å². The maximum atomic E-state index is 10.3. The van der Waals surface area contributed by atoms with Crippen molar-refractivity contribution in [1.29, 1.82) is 0 Å². The molecule has 0 spiro atoms. The quantitative estimate of drug-likeness (QED) is 0.641. The van der Waals surface area contributed by atoms with E-state index in [1.807, 2.05) is 0 Å². The Balaban J connectivity index is 2.40. The van der Waals surface area contributed by atoms with Crippen LogP contribution in [-0.4, -0.2) is 17.1 Å². The molecule has 0 aromatic carbocycles. The molecule has 64 valence electrons. The molecule has 0 aromatic heterocycles. The van der Waals surface area contributed by atoms with Gasteiger partial charge >= 0.3 is 5.97 Å². The minimum Gasteiger partial charge on any atom is -0.481 e. The Kier molecular flexibility index (Phi) is 2.18. The van der Waals surface area contributed by atoms with Gasteiger partial charge in [0.1, 0.15) is 0 Å². The van der Waals surface area contributed by atoms with Crippen molar-refractivity contribution in [3.05, 3.63) is 0 Å². The summed E-state index contributed by atoms with van der Waals surface area (Å²) < 4.78 is 0. The van der Waals surface area contributed by atoms with Crippen molar-refractivity contribution in [3.63, 3.8) is 0 Å². The molecule has 0 unspecified atom stereocenters. The minimum atomic E-state index is -0.786. The summed E-state index contributed by atoms with van der Waals surface area (Å²) in [6, 6.07) is -0.159. The summed E-state index contributed by atoms with van der Waals surface area (Å²) in [5, 5.41) is 8.49. The van der Waals surface area contributed by atoms with Crippen molar-refractivity contribution >= 4 is 5.97 Å². The first-order chi connectivity index (χ1) is 5.04. The maximum absolute atomic E-state index is 10.3. The molecule has 11 heavy (non-hydrogen) atoms. The monoisotopic (exact) mass is 157 g/mol. The number of nitrogens with two attached hydrogens (primary N) is 1. The Morgan fingerprint density at radius 2 is 2.27 bits per heavy atom. The van der Waals surface area contributed by atoms with Gasteiger partial charge in [-0.15, -0.1) is 0 Å². The molecule has 3 N–H and O–H groups in total. The van der Waals surface area contributed by atoms with Gasteiger partial charge in [0.05, 0.1) is 6.42 Å². The molecule has 0 aromatic rings. The van der Waals surface area contributed by atoms with Gasteiger partial charge in [-0.3, -0.25) is 4.79 Å². The van der Waals surface area contributed by atoms with Crippen molar-refractivity contribution in [2.75, 3.05) is 0 Å². The summed E-state index contributed by atoms with van der Waals surface area (Å²) in [4.78, 5) is 10.3. The first-order valence-corrected chi connectivity index (χ1v) is 4.02. The van der Waals surface area contributed by atoms with Crippen LogP contribution in [0.1, 0.15) is 32.6 Å². The van der Waals surface area contributed by atoms with Crippen molar-refractivity contribution in [2.45, 2.75) is 38.6 Å². The molecule has 3 heteroatoms. The van der Waals surface area contributed by atoms with E-state index in [0.29, 0.717) is 0 Å². The van der Waals surface area contributed by atoms with E-state index in [2.05, 4.69) is 6.92 Å². The Morgan fingerprint density at radius 1 is 1.73 bits per heavy atom. The third kappa shape index (κ3) is 1.71. The minimum absolute atomic E-state index is 0.108. The van der Waals surface area contributed by atoms with Gasteiger partial charge in [-0.05, 0) is 18.3 Å². The van der Waals surface area contributed by atoms with Crippen LogP contribution in [0.5, 0.6) is 0 Å². The van der Waals surface area contributed by atoms with Crippen LogP contribution >= 0.6 is 0 Å². The lowest BCUT2D eigenvalue weighted by Crippen LogP contribution is -2.45. The molecule has 0 aliphatic heterocycles. The van der Waals surface area contributed by atoms with E-state index in [1.165, 1.54) is 6.42 Å². The lowest BCUT2D eigenvalue weighted by atomic mass is 9.65. The molecule has 0 heterocycles. The molecule has 1 aliphatic carbocycles.